The van der Waals surface area contributed by atoms with E-state index in [1.54, 1.807) is 6.26 Å². The molecule has 1 N–H and O–H groups in total. The van der Waals surface area contributed by atoms with Crippen molar-refractivity contribution >= 4 is 22.6 Å². The normalized spacial score (nSPS) is 12.9. The zero-order valence-corrected chi connectivity index (χ0v) is 10.5. The Balaban J connectivity index is 1.88. The van der Waals surface area contributed by atoms with Crippen LogP contribution >= 0.6 is 22.6 Å². The Kier molecular flexibility index (Phi) is 3.48. The highest BCUT2D eigenvalue weighted by molar-refractivity contribution is 14.1. The maximum absolute atomic E-state index is 5.44. The number of nitrogens with one attached hydrogen (secondary N) is 1. The summed E-state index contributed by atoms with van der Waals surface area (Å²) >= 11 is 2.16. The van der Waals surface area contributed by atoms with Crippen molar-refractivity contribution in [2.45, 2.75) is 19.5 Å². The lowest BCUT2D eigenvalue weighted by Gasteiger charge is -2.09. The molecule has 0 saturated carbocycles. The van der Waals surface area contributed by atoms with E-state index in [9.17, 15) is 0 Å². The topological polar surface area (TPSA) is 38.3 Å². The van der Waals surface area contributed by atoms with E-state index in [2.05, 4.69) is 34.8 Å². The summed E-state index contributed by atoms with van der Waals surface area (Å²) in [6.07, 6.45) is 1.68. The highest BCUT2D eigenvalue weighted by Gasteiger charge is 2.08. The summed E-state index contributed by atoms with van der Waals surface area (Å²) in [5.74, 6) is 1.88. The van der Waals surface area contributed by atoms with Gasteiger partial charge in [-0.25, -0.2) is 0 Å². The van der Waals surface area contributed by atoms with Gasteiger partial charge in [0.15, 0.2) is 3.77 Å². The fourth-order valence-electron chi connectivity index (χ4n) is 1.34. The molecule has 3 nitrogen and oxygen atoms in total. The first-order chi connectivity index (χ1) is 7.25. The van der Waals surface area contributed by atoms with Gasteiger partial charge in [0.1, 0.15) is 11.5 Å². The van der Waals surface area contributed by atoms with Crippen LogP contribution in [0.1, 0.15) is 24.5 Å². The third kappa shape index (κ3) is 2.85. The predicted octanol–water partition coefficient (Wildman–Crippen LogP) is 3.33. The summed E-state index contributed by atoms with van der Waals surface area (Å²) in [6.45, 7) is 2.78. The lowest BCUT2D eigenvalue weighted by molar-refractivity contribution is 0.402. The largest absolute Gasteiger partial charge is 0.468 e. The molecular weight excluding hydrogens is 305 g/mol. The molecule has 2 heterocycles. The van der Waals surface area contributed by atoms with Crippen molar-refractivity contribution < 1.29 is 8.83 Å². The van der Waals surface area contributed by atoms with Crippen molar-refractivity contribution in [2.75, 3.05) is 0 Å². The molecule has 0 spiro atoms. The SMILES string of the molecule is CC(NCc1ccc(I)o1)c1ccco1. The van der Waals surface area contributed by atoms with Crippen molar-refractivity contribution in [3.05, 3.63) is 45.8 Å². The molecule has 15 heavy (non-hydrogen) atoms. The molecule has 4 heteroatoms. The Hall–Kier alpha value is -0.750. The van der Waals surface area contributed by atoms with Crippen molar-refractivity contribution in [3.63, 3.8) is 0 Å². The molecule has 0 aliphatic carbocycles. The van der Waals surface area contributed by atoms with Crippen molar-refractivity contribution in [2.24, 2.45) is 0 Å². The van der Waals surface area contributed by atoms with Crippen LogP contribution in [0.3, 0.4) is 0 Å². The van der Waals surface area contributed by atoms with Crippen LogP contribution in [0.15, 0.2) is 39.4 Å². The van der Waals surface area contributed by atoms with Crippen LogP contribution in [0, 0.1) is 3.77 Å². The van der Waals surface area contributed by atoms with E-state index in [1.165, 1.54) is 0 Å². The van der Waals surface area contributed by atoms with Gasteiger partial charge in [0.05, 0.1) is 18.8 Å². The molecule has 1 atom stereocenters. The van der Waals surface area contributed by atoms with Crippen LogP contribution in [0.4, 0.5) is 0 Å². The number of rotatable bonds is 4. The number of furan rings is 2. The standard InChI is InChI=1S/C11H12INO2/c1-8(10-3-2-6-14-10)13-7-9-4-5-11(12)15-9/h2-6,8,13H,7H2,1H3. The van der Waals surface area contributed by atoms with Crippen molar-refractivity contribution in [1.82, 2.24) is 5.32 Å². The van der Waals surface area contributed by atoms with Gasteiger partial charge in [-0.2, -0.15) is 0 Å². The molecule has 80 valence electrons. The van der Waals surface area contributed by atoms with Crippen LogP contribution in [-0.4, -0.2) is 0 Å². The van der Waals surface area contributed by atoms with Crippen molar-refractivity contribution in [3.8, 4) is 0 Å². The monoisotopic (exact) mass is 317 g/mol. The number of hydrogen-bond donors (Lipinski definition) is 1. The fraction of sp³-hybridized carbons (Fsp3) is 0.273. The van der Waals surface area contributed by atoms with Gasteiger partial charge in [0.25, 0.3) is 0 Å². The van der Waals surface area contributed by atoms with Crippen molar-refractivity contribution in [1.29, 1.82) is 0 Å². The van der Waals surface area contributed by atoms with E-state index in [0.717, 1.165) is 15.3 Å². The quantitative estimate of drug-likeness (QED) is 0.879. The van der Waals surface area contributed by atoms with Crippen LogP contribution in [0.2, 0.25) is 0 Å². The Morgan fingerprint density at radius 1 is 1.40 bits per heavy atom. The van der Waals surface area contributed by atoms with Gasteiger partial charge in [0.2, 0.25) is 0 Å². The molecule has 0 aliphatic rings. The third-order valence-corrected chi connectivity index (χ3v) is 2.76. The average molecular weight is 317 g/mol. The molecule has 2 aromatic rings. The van der Waals surface area contributed by atoms with E-state index >= 15 is 0 Å². The van der Waals surface area contributed by atoms with Gasteiger partial charge in [-0.15, -0.1) is 0 Å². The minimum absolute atomic E-state index is 0.197. The lowest BCUT2D eigenvalue weighted by atomic mass is 10.2. The summed E-state index contributed by atoms with van der Waals surface area (Å²) < 4.78 is 11.7. The molecule has 2 rings (SSSR count). The van der Waals surface area contributed by atoms with Gasteiger partial charge in [0, 0.05) is 0 Å². The van der Waals surface area contributed by atoms with Crippen LogP contribution in [0.25, 0.3) is 0 Å². The Morgan fingerprint density at radius 3 is 2.87 bits per heavy atom. The lowest BCUT2D eigenvalue weighted by Crippen LogP contribution is -2.17. The summed E-state index contributed by atoms with van der Waals surface area (Å²) in [6, 6.07) is 7.98. The Bertz CT molecular complexity index is 408. The predicted molar refractivity (Wildman–Crippen MR) is 65.4 cm³/mol. The molecular formula is C11H12INO2. The summed E-state index contributed by atoms with van der Waals surface area (Å²) in [7, 11) is 0. The van der Waals surface area contributed by atoms with Crippen LogP contribution in [0.5, 0.6) is 0 Å². The highest BCUT2D eigenvalue weighted by atomic mass is 127. The zero-order chi connectivity index (χ0) is 10.7. The molecule has 2 aromatic heterocycles. The van der Waals surface area contributed by atoms with Gasteiger partial charge >= 0.3 is 0 Å². The Labute approximate surface area is 102 Å². The summed E-state index contributed by atoms with van der Waals surface area (Å²) in [4.78, 5) is 0. The van der Waals surface area contributed by atoms with Gasteiger partial charge < -0.3 is 14.2 Å². The molecule has 0 fully saturated rings. The molecule has 0 bridgehead atoms. The molecule has 0 aromatic carbocycles. The van der Waals surface area contributed by atoms with Gasteiger partial charge in [-0.1, -0.05) is 0 Å². The number of halogens is 1. The second-order valence-electron chi connectivity index (χ2n) is 3.32. The van der Waals surface area contributed by atoms with E-state index < -0.39 is 0 Å². The van der Waals surface area contributed by atoms with Gasteiger partial charge in [-0.3, -0.25) is 0 Å². The number of hydrogen-bond acceptors (Lipinski definition) is 3. The maximum atomic E-state index is 5.44. The van der Waals surface area contributed by atoms with Crippen LogP contribution < -0.4 is 5.32 Å². The summed E-state index contributed by atoms with van der Waals surface area (Å²) in [5, 5.41) is 3.32. The van der Waals surface area contributed by atoms with E-state index in [4.69, 9.17) is 8.83 Å². The molecule has 0 amide bonds. The fourth-order valence-corrected chi connectivity index (χ4v) is 1.80. The van der Waals surface area contributed by atoms with E-state index in [0.29, 0.717) is 6.54 Å². The average Bonchev–Trinajstić information content (AvgIpc) is 2.84. The molecule has 1 unspecified atom stereocenters. The first-order valence-electron chi connectivity index (χ1n) is 4.76. The summed E-state index contributed by atoms with van der Waals surface area (Å²) in [5.41, 5.74) is 0. The minimum Gasteiger partial charge on any atom is -0.468 e. The van der Waals surface area contributed by atoms with E-state index in [-0.39, 0.29) is 6.04 Å². The van der Waals surface area contributed by atoms with Gasteiger partial charge in [-0.05, 0) is 53.8 Å². The first kappa shape index (κ1) is 10.8. The highest BCUT2D eigenvalue weighted by Crippen LogP contribution is 2.14. The molecule has 0 aliphatic heterocycles. The van der Waals surface area contributed by atoms with E-state index in [1.807, 2.05) is 24.3 Å². The zero-order valence-electron chi connectivity index (χ0n) is 8.37. The molecule has 0 saturated heterocycles. The second-order valence-corrected chi connectivity index (χ2v) is 4.39. The maximum Gasteiger partial charge on any atom is 0.164 e. The minimum atomic E-state index is 0.197. The molecule has 0 radical (unpaired) electrons. The first-order valence-corrected chi connectivity index (χ1v) is 5.84. The Morgan fingerprint density at radius 2 is 2.27 bits per heavy atom. The third-order valence-electron chi connectivity index (χ3n) is 2.18. The van der Waals surface area contributed by atoms with Crippen LogP contribution in [-0.2, 0) is 6.54 Å². The smallest absolute Gasteiger partial charge is 0.164 e. The second kappa shape index (κ2) is 4.85.